The van der Waals surface area contributed by atoms with Crippen molar-refractivity contribution >= 4 is 11.6 Å². The van der Waals surface area contributed by atoms with Gasteiger partial charge in [-0.1, -0.05) is 47.5 Å². The molecule has 0 radical (unpaired) electrons. The molecule has 2 atom stereocenters. The van der Waals surface area contributed by atoms with Crippen LogP contribution in [0.5, 0.6) is 0 Å². The predicted molar refractivity (Wildman–Crippen MR) is 96.4 cm³/mol. The standard InChI is InChI=1S/C22H24O2/c1-13-6-5-7-17(10-13)11-18-12-19(23)21(22(18)24)20-15(3)8-14(2)9-16(20)4/h5-10,18,21H,11-12H2,1-4H3. The first-order chi connectivity index (χ1) is 11.4. The van der Waals surface area contributed by atoms with E-state index in [0.29, 0.717) is 12.8 Å². The lowest BCUT2D eigenvalue weighted by Crippen LogP contribution is -2.18. The fraction of sp³-hybridized carbons (Fsp3) is 0.364. The molecule has 3 rings (SSSR count). The maximum absolute atomic E-state index is 13.0. The van der Waals surface area contributed by atoms with E-state index in [0.717, 1.165) is 22.3 Å². The quantitative estimate of drug-likeness (QED) is 0.785. The highest BCUT2D eigenvalue weighted by Gasteiger charge is 2.42. The second kappa shape index (κ2) is 6.35. The minimum Gasteiger partial charge on any atom is -0.298 e. The average molecular weight is 320 g/mol. The number of Topliss-reactive ketones (excluding diaryl/α,β-unsaturated/α-hetero) is 2. The van der Waals surface area contributed by atoms with Crippen LogP contribution in [0.1, 0.15) is 45.7 Å². The van der Waals surface area contributed by atoms with E-state index in [1.54, 1.807) is 0 Å². The maximum atomic E-state index is 13.0. The van der Waals surface area contributed by atoms with Crippen molar-refractivity contribution in [2.24, 2.45) is 5.92 Å². The average Bonchev–Trinajstić information content (AvgIpc) is 2.74. The van der Waals surface area contributed by atoms with E-state index in [4.69, 9.17) is 0 Å². The summed E-state index contributed by atoms with van der Waals surface area (Å²) in [6.07, 6.45) is 1.02. The van der Waals surface area contributed by atoms with Crippen LogP contribution in [-0.2, 0) is 16.0 Å². The Bertz CT molecular complexity index is 793. The minimum atomic E-state index is -0.569. The summed E-state index contributed by atoms with van der Waals surface area (Å²) in [7, 11) is 0. The van der Waals surface area contributed by atoms with Crippen LogP contribution >= 0.6 is 0 Å². The van der Waals surface area contributed by atoms with Crippen molar-refractivity contribution in [3.8, 4) is 0 Å². The predicted octanol–water partition coefficient (Wildman–Crippen LogP) is 4.40. The van der Waals surface area contributed by atoms with Crippen LogP contribution in [0.2, 0.25) is 0 Å². The maximum Gasteiger partial charge on any atom is 0.151 e. The van der Waals surface area contributed by atoms with Crippen LogP contribution in [0.25, 0.3) is 0 Å². The Morgan fingerprint density at radius 3 is 2.21 bits per heavy atom. The first-order valence-corrected chi connectivity index (χ1v) is 8.56. The Balaban J connectivity index is 1.90. The van der Waals surface area contributed by atoms with E-state index in [9.17, 15) is 9.59 Å². The Morgan fingerprint density at radius 2 is 1.58 bits per heavy atom. The molecule has 0 spiro atoms. The van der Waals surface area contributed by atoms with Crippen molar-refractivity contribution in [3.05, 3.63) is 69.8 Å². The van der Waals surface area contributed by atoms with Crippen molar-refractivity contribution in [1.29, 1.82) is 0 Å². The van der Waals surface area contributed by atoms with Gasteiger partial charge in [0.05, 0.1) is 0 Å². The Hall–Kier alpha value is -2.22. The van der Waals surface area contributed by atoms with Crippen LogP contribution in [0.3, 0.4) is 0 Å². The number of rotatable bonds is 3. The topological polar surface area (TPSA) is 34.1 Å². The third-order valence-corrected chi connectivity index (χ3v) is 5.05. The highest BCUT2D eigenvalue weighted by molar-refractivity contribution is 6.15. The van der Waals surface area contributed by atoms with E-state index in [2.05, 4.69) is 18.2 Å². The molecule has 2 aromatic carbocycles. The Morgan fingerprint density at radius 1 is 0.917 bits per heavy atom. The Labute approximate surface area is 143 Å². The molecule has 2 nitrogen and oxygen atoms in total. The van der Waals surface area contributed by atoms with E-state index >= 15 is 0 Å². The molecule has 2 heteroatoms. The molecule has 0 amide bonds. The summed E-state index contributed by atoms with van der Waals surface area (Å²) in [5, 5.41) is 0. The molecule has 2 aromatic rings. The van der Waals surface area contributed by atoms with E-state index < -0.39 is 5.92 Å². The van der Waals surface area contributed by atoms with Gasteiger partial charge < -0.3 is 0 Å². The SMILES string of the molecule is Cc1cccc(CC2CC(=O)C(c3c(C)cc(C)cc3C)C2=O)c1. The third-order valence-electron chi connectivity index (χ3n) is 5.05. The van der Waals surface area contributed by atoms with E-state index in [1.807, 2.05) is 45.9 Å². The first-order valence-electron chi connectivity index (χ1n) is 8.56. The molecule has 1 aliphatic rings. The number of benzene rings is 2. The molecule has 1 aliphatic carbocycles. The number of ketones is 2. The van der Waals surface area contributed by atoms with E-state index in [1.165, 1.54) is 11.1 Å². The third kappa shape index (κ3) is 3.06. The van der Waals surface area contributed by atoms with Crippen molar-refractivity contribution < 1.29 is 9.59 Å². The largest absolute Gasteiger partial charge is 0.298 e. The van der Waals surface area contributed by atoms with Gasteiger partial charge in [0, 0.05) is 12.3 Å². The molecule has 0 bridgehead atoms. The van der Waals surface area contributed by atoms with Crippen molar-refractivity contribution in [2.45, 2.75) is 46.5 Å². The van der Waals surface area contributed by atoms with Gasteiger partial charge >= 0.3 is 0 Å². The van der Waals surface area contributed by atoms with Crippen LogP contribution in [0.15, 0.2) is 36.4 Å². The molecule has 1 fully saturated rings. The van der Waals surface area contributed by atoms with Crippen molar-refractivity contribution in [1.82, 2.24) is 0 Å². The van der Waals surface area contributed by atoms with Gasteiger partial charge in [0.1, 0.15) is 11.7 Å². The number of aryl methyl sites for hydroxylation is 4. The smallest absolute Gasteiger partial charge is 0.151 e. The lowest BCUT2D eigenvalue weighted by atomic mass is 9.86. The molecule has 124 valence electrons. The highest BCUT2D eigenvalue weighted by atomic mass is 16.2. The summed E-state index contributed by atoms with van der Waals surface area (Å²) in [6.45, 7) is 8.10. The van der Waals surface area contributed by atoms with Crippen molar-refractivity contribution in [3.63, 3.8) is 0 Å². The molecule has 0 N–H and O–H groups in total. The molecule has 0 heterocycles. The zero-order valence-corrected chi connectivity index (χ0v) is 14.8. The minimum absolute atomic E-state index is 0.0766. The van der Waals surface area contributed by atoms with Crippen LogP contribution in [0, 0.1) is 33.6 Å². The molecule has 0 saturated heterocycles. The second-order valence-electron chi connectivity index (χ2n) is 7.21. The van der Waals surface area contributed by atoms with Gasteiger partial charge in [0.2, 0.25) is 0 Å². The van der Waals surface area contributed by atoms with Crippen LogP contribution < -0.4 is 0 Å². The number of hydrogen-bond acceptors (Lipinski definition) is 2. The first kappa shape index (κ1) is 16.6. The zero-order chi connectivity index (χ0) is 17.4. The Kier molecular flexibility index (Phi) is 4.40. The van der Waals surface area contributed by atoms with Crippen molar-refractivity contribution in [2.75, 3.05) is 0 Å². The number of carbonyl (C=O) groups is 2. The summed E-state index contributed by atoms with van der Waals surface area (Å²) in [5.74, 6) is -0.589. The summed E-state index contributed by atoms with van der Waals surface area (Å²) in [4.78, 5) is 25.6. The van der Waals surface area contributed by atoms with E-state index in [-0.39, 0.29) is 17.5 Å². The second-order valence-corrected chi connectivity index (χ2v) is 7.21. The van der Waals surface area contributed by atoms with Gasteiger partial charge in [-0.2, -0.15) is 0 Å². The molecule has 0 aliphatic heterocycles. The van der Waals surface area contributed by atoms with Gasteiger partial charge in [-0.15, -0.1) is 0 Å². The summed E-state index contributed by atoms with van der Waals surface area (Å²) in [5.41, 5.74) is 6.53. The van der Waals surface area contributed by atoms with Gasteiger partial charge in [-0.05, 0) is 56.4 Å². The fourth-order valence-corrected chi connectivity index (χ4v) is 4.10. The highest BCUT2D eigenvalue weighted by Crippen LogP contribution is 2.37. The number of hydrogen-bond donors (Lipinski definition) is 0. The zero-order valence-electron chi connectivity index (χ0n) is 14.8. The summed E-state index contributed by atoms with van der Waals surface area (Å²) < 4.78 is 0. The molecular weight excluding hydrogens is 296 g/mol. The summed E-state index contributed by atoms with van der Waals surface area (Å²) in [6, 6.07) is 12.3. The monoisotopic (exact) mass is 320 g/mol. The molecule has 0 aromatic heterocycles. The fourth-order valence-electron chi connectivity index (χ4n) is 4.10. The molecule has 24 heavy (non-hydrogen) atoms. The molecular formula is C22H24O2. The lowest BCUT2D eigenvalue weighted by Gasteiger charge is -2.16. The van der Waals surface area contributed by atoms with Crippen LogP contribution in [0.4, 0.5) is 0 Å². The van der Waals surface area contributed by atoms with Gasteiger partial charge in [-0.25, -0.2) is 0 Å². The summed E-state index contributed by atoms with van der Waals surface area (Å²) >= 11 is 0. The number of carbonyl (C=O) groups excluding carboxylic acids is 2. The molecule has 2 unspecified atom stereocenters. The van der Waals surface area contributed by atoms with Gasteiger partial charge in [0.25, 0.3) is 0 Å². The normalized spacial score (nSPS) is 20.7. The van der Waals surface area contributed by atoms with Gasteiger partial charge in [0.15, 0.2) is 5.78 Å². The van der Waals surface area contributed by atoms with Crippen LogP contribution in [-0.4, -0.2) is 11.6 Å². The lowest BCUT2D eigenvalue weighted by molar-refractivity contribution is -0.124. The van der Waals surface area contributed by atoms with Gasteiger partial charge in [-0.3, -0.25) is 9.59 Å². The molecule has 1 saturated carbocycles.